The SMILES string of the molecule is Cc1nc2c(F)cc(-c3nc(Nc4ccc5c(n4)CCN(CCN4C=CP(C)(=O)C=C4)C5)ncc3F)cc2n1C(C)(C)C. The second-order valence-corrected chi connectivity index (χ2v) is 14.9. The van der Waals surface area contributed by atoms with Gasteiger partial charge in [-0.1, -0.05) is 6.07 Å². The third kappa shape index (κ3) is 6.10. The predicted octanol–water partition coefficient (Wildman–Crippen LogP) is 6.58. The lowest BCUT2D eigenvalue weighted by atomic mass is 10.1. The summed E-state index contributed by atoms with van der Waals surface area (Å²) in [7, 11) is -2.27. The van der Waals surface area contributed by atoms with Crippen LogP contribution in [-0.4, -0.2) is 60.6 Å². The number of hydrogen-bond donors (Lipinski definition) is 1. The average molecular weight is 605 g/mol. The number of benzene rings is 1. The number of anilines is 2. The van der Waals surface area contributed by atoms with Gasteiger partial charge in [-0.05, 0) is 69.8 Å². The summed E-state index contributed by atoms with van der Waals surface area (Å²) in [6.07, 6.45) is 5.67. The van der Waals surface area contributed by atoms with Gasteiger partial charge in [-0.3, -0.25) is 4.90 Å². The summed E-state index contributed by atoms with van der Waals surface area (Å²) < 4.78 is 44.2. The van der Waals surface area contributed by atoms with Gasteiger partial charge in [0.2, 0.25) is 5.95 Å². The van der Waals surface area contributed by atoms with E-state index in [1.54, 1.807) is 24.4 Å². The standard InChI is InChI=1S/C31H35F2N8OP/c1-20-35-29-23(32)16-22(17-26(29)41(20)31(2,3)4)28-24(33)18-34-30(38-28)37-27-7-6-21-19-40(9-8-25(21)36-27)11-10-39-12-14-43(5,42)15-13-39/h6-7,12-18H,8-11,19H2,1-5H3,(H,34,36,37,38). The highest BCUT2D eigenvalue weighted by molar-refractivity contribution is 7.69. The lowest BCUT2D eigenvalue weighted by Crippen LogP contribution is -2.36. The average Bonchev–Trinajstić information content (AvgIpc) is 3.30. The van der Waals surface area contributed by atoms with Crippen LogP contribution in [0.4, 0.5) is 20.5 Å². The minimum atomic E-state index is -2.27. The topological polar surface area (TPSA) is 92.1 Å². The number of pyridine rings is 1. The van der Waals surface area contributed by atoms with Crippen LogP contribution in [0.1, 0.15) is 37.9 Å². The lowest BCUT2D eigenvalue weighted by molar-refractivity contribution is 0.236. The van der Waals surface area contributed by atoms with Crippen molar-refractivity contribution in [1.82, 2.24) is 34.3 Å². The van der Waals surface area contributed by atoms with Crippen molar-refractivity contribution in [3.8, 4) is 11.3 Å². The van der Waals surface area contributed by atoms with E-state index in [-0.39, 0.29) is 22.7 Å². The van der Waals surface area contributed by atoms with Gasteiger partial charge in [0.15, 0.2) is 11.6 Å². The molecule has 0 unspecified atom stereocenters. The second kappa shape index (κ2) is 11.0. The molecule has 0 saturated carbocycles. The fourth-order valence-corrected chi connectivity index (χ4v) is 6.63. The van der Waals surface area contributed by atoms with Crippen molar-refractivity contribution in [3.05, 3.63) is 83.2 Å². The monoisotopic (exact) mass is 604 g/mol. The molecule has 43 heavy (non-hydrogen) atoms. The summed E-state index contributed by atoms with van der Waals surface area (Å²) in [6.45, 7) is 13.0. The van der Waals surface area contributed by atoms with Crippen LogP contribution in [0, 0.1) is 18.6 Å². The molecule has 0 fully saturated rings. The molecule has 6 rings (SSSR count). The van der Waals surface area contributed by atoms with E-state index >= 15 is 8.78 Å². The van der Waals surface area contributed by atoms with Gasteiger partial charge in [-0.25, -0.2) is 28.7 Å². The van der Waals surface area contributed by atoms with Gasteiger partial charge in [-0.15, -0.1) is 0 Å². The van der Waals surface area contributed by atoms with E-state index in [9.17, 15) is 4.57 Å². The van der Waals surface area contributed by atoms with Gasteiger partial charge in [0.1, 0.15) is 30.0 Å². The van der Waals surface area contributed by atoms with E-state index in [0.29, 0.717) is 22.7 Å². The molecule has 0 saturated heterocycles. The Kier molecular flexibility index (Phi) is 7.42. The van der Waals surface area contributed by atoms with Crippen LogP contribution >= 0.6 is 7.14 Å². The third-order valence-corrected chi connectivity index (χ3v) is 9.17. The molecule has 224 valence electrons. The highest BCUT2D eigenvalue weighted by Gasteiger charge is 2.24. The molecule has 9 nitrogen and oxygen atoms in total. The van der Waals surface area contributed by atoms with Crippen molar-refractivity contribution in [1.29, 1.82) is 0 Å². The van der Waals surface area contributed by atoms with Crippen LogP contribution in [0.15, 0.2) is 54.5 Å². The number of hydrogen-bond acceptors (Lipinski definition) is 8. The number of nitrogens with one attached hydrogen (secondary N) is 1. The quantitative estimate of drug-likeness (QED) is 0.247. The first kappa shape index (κ1) is 29.1. The number of fused-ring (bicyclic) bond motifs is 2. The molecule has 1 N–H and O–H groups in total. The Morgan fingerprint density at radius 3 is 2.53 bits per heavy atom. The van der Waals surface area contributed by atoms with E-state index in [4.69, 9.17) is 4.98 Å². The fourth-order valence-electron chi connectivity index (χ4n) is 5.66. The van der Waals surface area contributed by atoms with Crippen LogP contribution in [0.2, 0.25) is 0 Å². The van der Waals surface area contributed by atoms with E-state index in [2.05, 4.69) is 30.1 Å². The maximum absolute atomic E-state index is 15.2. The van der Waals surface area contributed by atoms with E-state index in [1.807, 2.05) is 56.8 Å². The number of nitrogens with zero attached hydrogens (tertiary/aromatic N) is 7. The molecule has 0 aliphatic carbocycles. The van der Waals surface area contributed by atoms with Crippen LogP contribution in [0.5, 0.6) is 0 Å². The Morgan fingerprint density at radius 2 is 1.79 bits per heavy atom. The Labute approximate surface area is 249 Å². The zero-order valence-corrected chi connectivity index (χ0v) is 25.9. The molecule has 5 heterocycles. The van der Waals surface area contributed by atoms with Gasteiger partial charge in [0.05, 0.1) is 11.7 Å². The molecule has 4 aromatic rings. The van der Waals surface area contributed by atoms with Gasteiger partial charge in [0.25, 0.3) is 0 Å². The summed E-state index contributed by atoms with van der Waals surface area (Å²) in [5, 5.41) is 3.10. The molecule has 0 bridgehead atoms. The second-order valence-electron chi connectivity index (χ2n) is 12.2. The minimum Gasteiger partial charge on any atom is -0.353 e. The van der Waals surface area contributed by atoms with E-state index in [0.717, 1.165) is 50.1 Å². The zero-order valence-electron chi connectivity index (χ0n) is 25.0. The number of aryl methyl sites for hydroxylation is 1. The largest absolute Gasteiger partial charge is 0.353 e. The molecule has 12 heteroatoms. The Morgan fingerprint density at radius 1 is 1.02 bits per heavy atom. The predicted molar refractivity (Wildman–Crippen MR) is 165 cm³/mol. The number of halogens is 2. The highest BCUT2D eigenvalue weighted by atomic mass is 31.2. The molecular weight excluding hydrogens is 569 g/mol. The number of aromatic nitrogens is 5. The first-order valence-corrected chi connectivity index (χ1v) is 16.6. The summed E-state index contributed by atoms with van der Waals surface area (Å²) >= 11 is 0. The smallest absolute Gasteiger partial charge is 0.229 e. The van der Waals surface area contributed by atoms with Gasteiger partial charge < -0.3 is 19.3 Å². The molecule has 1 aromatic carbocycles. The van der Waals surface area contributed by atoms with Gasteiger partial charge in [0, 0.05) is 61.8 Å². The first-order valence-electron chi connectivity index (χ1n) is 14.3. The summed E-state index contributed by atoms with van der Waals surface area (Å²) in [5.41, 5.74) is 2.91. The summed E-state index contributed by atoms with van der Waals surface area (Å²) in [4.78, 5) is 22.2. The summed E-state index contributed by atoms with van der Waals surface area (Å²) in [5.74, 6) is 3.78. The molecule has 2 aliphatic rings. The Bertz CT molecular complexity index is 1810. The molecule has 3 aromatic heterocycles. The summed E-state index contributed by atoms with van der Waals surface area (Å²) in [6, 6.07) is 6.89. The Balaban J connectivity index is 1.18. The Hall–Kier alpha value is -3.95. The van der Waals surface area contributed by atoms with Crippen molar-refractivity contribution < 1.29 is 13.3 Å². The van der Waals surface area contributed by atoms with Crippen LogP contribution in [-0.2, 0) is 23.1 Å². The molecule has 0 spiro atoms. The van der Waals surface area contributed by atoms with Crippen molar-refractivity contribution in [2.75, 3.05) is 31.6 Å². The van der Waals surface area contributed by atoms with Crippen LogP contribution < -0.4 is 5.32 Å². The zero-order chi connectivity index (χ0) is 30.5. The highest BCUT2D eigenvalue weighted by Crippen LogP contribution is 2.46. The molecule has 2 aliphatic heterocycles. The van der Waals surface area contributed by atoms with Crippen molar-refractivity contribution in [2.24, 2.45) is 0 Å². The minimum absolute atomic E-state index is 0.00800. The molecule has 0 amide bonds. The van der Waals surface area contributed by atoms with Gasteiger partial charge >= 0.3 is 0 Å². The number of imidazole rings is 1. The van der Waals surface area contributed by atoms with Crippen molar-refractivity contribution in [3.63, 3.8) is 0 Å². The van der Waals surface area contributed by atoms with Crippen molar-refractivity contribution >= 4 is 29.9 Å². The van der Waals surface area contributed by atoms with Crippen molar-refractivity contribution in [2.45, 2.75) is 46.2 Å². The maximum atomic E-state index is 15.2. The first-order chi connectivity index (χ1) is 20.4. The molecule has 0 atom stereocenters. The van der Waals surface area contributed by atoms with Crippen LogP contribution in [0.25, 0.3) is 22.3 Å². The van der Waals surface area contributed by atoms with E-state index in [1.165, 1.54) is 6.07 Å². The van der Waals surface area contributed by atoms with Gasteiger partial charge in [-0.2, -0.15) is 0 Å². The van der Waals surface area contributed by atoms with Crippen LogP contribution in [0.3, 0.4) is 0 Å². The van der Waals surface area contributed by atoms with E-state index < -0.39 is 18.8 Å². The maximum Gasteiger partial charge on any atom is 0.229 e. The molecular formula is C31H35F2N8OP. The molecule has 0 radical (unpaired) electrons. The number of rotatable bonds is 6. The lowest BCUT2D eigenvalue weighted by Gasteiger charge is -2.30. The fraction of sp³-hybridized carbons (Fsp3) is 0.355. The normalized spacial score (nSPS) is 16.6. The third-order valence-electron chi connectivity index (χ3n) is 7.72.